The zero-order valence-electron chi connectivity index (χ0n) is 25.5. The van der Waals surface area contributed by atoms with Crippen LogP contribution in [0, 0.1) is 5.41 Å². The summed E-state index contributed by atoms with van der Waals surface area (Å²) in [5, 5.41) is 5.09. The van der Waals surface area contributed by atoms with Crippen LogP contribution in [0.5, 0.6) is 0 Å². The van der Waals surface area contributed by atoms with Crippen molar-refractivity contribution in [2.45, 2.75) is 70.6 Å². The van der Waals surface area contributed by atoms with Crippen LogP contribution in [0.15, 0.2) is 18.2 Å². The van der Waals surface area contributed by atoms with Gasteiger partial charge < -0.3 is 24.8 Å². The van der Waals surface area contributed by atoms with Gasteiger partial charge in [-0.2, -0.15) is 0 Å². The van der Waals surface area contributed by atoms with Crippen molar-refractivity contribution in [2.75, 3.05) is 50.7 Å². The summed E-state index contributed by atoms with van der Waals surface area (Å²) in [5.74, 6) is -1.89. The molecule has 5 aliphatic rings. The van der Waals surface area contributed by atoms with Crippen molar-refractivity contribution in [1.82, 2.24) is 25.3 Å². The Morgan fingerprint density at radius 2 is 1.80 bits per heavy atom. The Balaban J connectivity index is 0.945. The van der Waals surface area contributed by atoms with E-state index in [9.17, 15) is 28.8 Å². The van der Waals surface area contributed by atoms with Crippen LogP contribution < -0.4 is 15.5 Å². The molecule has 0 radical (unpaired) electrons. The van der Waals surface area contributed by atoms with E-state index in [1.807, 2.05) is 31.7 Å². The van der Waals surface area contributed by atoms with Gasteiger partial charge in [-0.15, -0.1) is 0 Å². The third-order valence-corrected chi connectivity index (χ3v) is 9.08. The van der Waals surface area contributed by atoms with Crippen molar-refractivity contribution in [3.05, 3.63) is 29.3 Å². The van der Waals surface area contributed by atoms with Crippen LogP contribution in [0.25, 0.3) is 0 Å². The fraction of sp³-hybridized carbons (Fsp3) is 0.613. The number of likely N-dealkylation sites (tertiary alicyclic amines) is 2. The summed E-state index contributed by atoms with van der Waals surface area (Å²) >= 11 is 0. The lowest BCUT2D eigenvalue weighted by molar-refractivity contribution is -0.136. The SMILES string of the molecule is CC(C)(C)OC(=O)N[C@H]1CCN(C(=O)CCCN2CC3(C2)CN(c2cccc4c2C(=O)N(C2CCC(=O)NC2=O)C4=O)C3)C1. The van der Waals surface area contributed by atoms with Gasteiger partial charge in [-0.3, -0.25) is 34.2 Å². The van der Waals surface area contributed by atoms with Crippen LogP contribution in [-0.4, -0.2) is 114 Å². The summed E-state index contributed by atoms with van der Waals surface area (Å²) in [5.41, 5.74) is 0.890. The first-order valence-corrected chi connectivity index (χ1v) is 15.4. The van der Waals surface area contributed by atoms with Crippen molar-refractivity contribution in [2.24, 2.45) is 5.41 Å². The minimum Gasteiger partial charge on any atom is -0.444 e. The van der Waals surface area contributed by atoms with Crippen molar-refractivity contribution in [1.29, 1.82) is 0 Å². The van der Waals surface area contributed by atoms with Gasteiger partial charge in [0.15, 0.2) is 0 Å². The molecule has 0 saturated carbocycles. The molecule has 2 atom stereocenters. The number of carbonyl (C=O) groups is 6. The number of nitrogens with one attached hydrogen (secondary N) is 2. The number of ether oxygens (including phenoxy) is 1. The molecule has 0 aromatic heterocycles. The van der Waals surface area contributed by atoms with Crippen LogP contribution in [0.1, 0.15) is 73.6 Å². The average Bonchev–Trinajstić information content (AvgIpc) is 3.46. The maximum Gasteiger partial charge on any atom is 0.407 e. The van der Waals surface area contributed by atoms with Crippen LogP contribution in [0.3, 0.4) is 0 Å². The quantitative estimate of drug-likeness (QED) is 0.435. The van der Waals surface area contributed by atoms with Gasteiger partial charge in [0.05, 0.1) is 22.9 Å². The summed E-state index contributed by atoms with van der Waals surface area (Å²) < 4.78 is 5.31. The van der Waals surface area contributed by atoms with E-state index >= 15 is 0 Å². The Morgan fingerprint density at radius 3 is 2.50 bits per heavy atom. The van der Waals surface area contributed by atoms with Gasteiger partial charge in [0.2, 0.25) is 17.7 Å². The number of hydrogen-bond acceptors (Lipinski definition) is 9. The second kappa shape index (κ2) is 11.2. The predicted octanol–water partition coefficient (Wildman–Crippen LogP) is 1.12. The third-order valence-electron chi connectivity index (χ3n) is 9.08. The number of imide groups is 2. The lowest BCUT2D eigenvalue weighted by atomic mass is 9.72. The molecule has 236 valence electrons. The number of benzene rings is 1. The van der Waals surface area contributed by atoms with E-state index in [1.54, 1.807) is 12.1 Å². The Labute approximate surface area is 256 Å². The largest absolute Gasteiger partial charge is 0.444 e. The Morgan fingerprint density at radius 1 is 1.05 bits per heavy atom. The normalized spacial score (nSPS) is 24.7. The third kappa shape index (κ3) is 5.76. The highest BCUT2D eigenvalue weighted by Gasteiger charge is 2.53. The molecular weight excluding hydrogens is 568 g/mol. The molecule has 4 fully saturated rings. The lowest BCUT2D eigenvalue weighted by Gasteiger charge is -2.61. The molecule has 5 aliphatic heterocycles. The van der Waals surface area contributed by atoms with Gasteiger partial charge in [-0.1, -0.05) is 6.07 Å². The first-order chi connectivity index (χ1) is 20.8. The van der Waals surface area contributed by atoms with Crippen molar-refractivity contribution >= 4 is 41.3 Å². The minimum absolute atomic E-state index is 0.0853. The summed E-state index contributed by atoms with van der Waals surface area (Å²) in [4.78, 5) is 82.6. The average molecular weight is 609 g/mol. The second-order valence-corrected chi connectivity index (χ2v) is 13.8. The molecule has 6 rings (SSSR count). The number of rotatable bonds is 7. The number of fused-ring (bicyclic) bond motifs is 1. The molecule has 6 amide bonds. The number of anilines is 1. The first-order valence-electron chi connectivity index (χ1n) is 15.4. The monoisotopic (exact) mass is 608 g/mol. The van der Waals surface area contributed by atoms with Crippen LogP contribution in [0.4, 0.5) is 10.5 Å². The maximum atomic E-state index is 13.4. The number of amides is 6. The number of hydrogen-bond donors (Lipinski definition) is 2. The molecule has 2 N–H and O–H groups in total. The number of piperidine rings is 1. The zero-order valence-corrected chi connectivity index (χ0v) is 25.5. The topological polar surface area (TPSA) is 149 Å². The van der Waals surface area contributed by atoms with Crippen molar-refractivity contribution in [3.8, 4) is 0 Å². The highest BCUT2D eigenvalue weighted by Crippen LogP contribution is 2.44. The molecular formula is C31H40N6O7. The molecule has 0 bridgehead atoms. The van der Waals surface area contributed by atoms with Gasteiger partial charge in [-0.05, 0) is 58.7 Å². The van der Waals surface area contributed by atoms with Crippen LogP contribution in [-0.2, 0) is 19.1 Å². The highest BCUT2D eigenvalue weighted by atomic mass is 16.6. The van der Waals surface area contributed by atoms with Crippen molar-refractivity contribution in [3.63, 3.8) is 0 Å². The standard InChI is InChI=1S/C31H40N6O7/c1-30(2,3)44-29(43)32-19-11-13-35(14-19)24(39)8-5-12-34-15-31(16-34)17-36(18-31)21-7-4-6-20-25(21)28(42)37(27(20)41)22-9-10-23(38)33-26(22)40/h4,6-7,19,22H,5,8-18H2,1-3H3,(H,32,43)(H,33,38,40)/t19-,22?/m0/s1. The Bertz CT molecular complexity index is 1410. The van der Waals surface area contributed by atoms with E-state index in [1.165, 1.54) is 0 Å². The maximum absolute atomic E-state index is 13.4. The van der Waals surface area contributed by atoms with Gasteiger partial charge in [0, 0.05) is 57.5 Å². The van der Waals surface area contributed by atoms with E-state index in [4.69, 9.17) is 4.74 Å². The molecule has 1 aromatic carbocycles. The molecule has 1 spiro atoms. The van der Waals surface area contributed by atoms with E-state index in [2.05, 4.69) is 20.4 Å². The Kier molecular flexibility index (Phi) is 7.63. The van der Waals surface area contributed by atoms with E-state index in [0.29, 0.717) is 36.3 Å². The lowest BCUT2D eigenvalue weighted by Crippen LogP contribution is -2.72. The van der Waals surface area contributed by atoms with Crippen LogP contribution >= 0.6 is 0 Å². The van der Waals surface area contributed by atoms with Gasteiger partial charge in [0.1, 0.15) is 11.6 Å². The number of nitrogens with zero attached hydrogens (tertiary/aromatic N) is 4. The first kappa shape index (κ1) is 30.0. The second-order valence-electron chi connectivity index (χ2n) is 13.8. The van der Waals surface area contributed by atoms with Gasteiger partial charge in [-0.25, -0.2) is 4.79 Å². The highest BCUT2D eigenvalue weighted by molar-refractivity contribution is 6.25. The molecule has 0 aliphatic carbocycles. The molecule has 13 heteroatoms. The van der Waals surface area contributed by atoms with Crippen LogP contribution in [0.2, 0.25) is 0 Å². The zero-order chi connectivity index (χ0) is 31.4. The summed E-state index contributed by atoms with van der Waals surface area (Å²) in [6.07, 6.45) is 1.70. The van der Waals surface area contributed by atoms with Gasteiger partial charge in [0.25, 0.3) is 11.8 Å². The van der Waals surface area contributed by atoms with E-state index < -0.39 is 41.4 Å². The fourth-order valence-electron chi connectivity index (χ4n) is 7.15. The molecule has 13 nitrogen and oxygen atoms in total. The number of carbonyl (C=O) groups excluding carboxylic acids is 6. The smallest absolute Gasteiger partial charge is 0.407 e. The Hall–Kier alpha value is -4.00. The molecule has 1 unspecified atom stereocenters. The molecule has 4 saturated heterocycles. The van der Waals surface area contributed by atoms with Gasteiger partial charge >= 0.3 is 6.09 Å². The number of alkyl carbamates (subject to hydrolysis) is 1. The summed E-state index contributed by atoms with van der Waals surface area (Å²) in [6.45, 7) is 10.8. The summed E-state index contributed by atoms with van der Waals surface area (Å²) in [7, 11) is 0. The minimum atomic E-state index is -0.983. The molecule has 5 heterocycles. The summed E-state index contributed by atoms with van der Waals surface area (Å²) in [6, 6.07) is 4.15. The molecule has 1 aromatic rings. The van der Waals surface area contributed by atoms with Crippen molar-refractivity contribution < 1.29 is 33.5 Å². The fourth-order valence-corrected chi connectivity index (χ4v) is 7.15. The predicted molar refractivity (Wildman–Crippen MR) is 158 cm³/mol. The molecule has 44 heavy (non-hydrogen) atoms. The van der Waals surface area contributed by atoms with E-state index in [0.717, 1.165) is 50.5 Å². The van der Waals surface area contributed by atoms with E-state index in [-0.39, 0.29) is 30.2 Å².